The fourth-order valence-corrected chi connectivity index (χ4v) is 4.68. The molecule has 5 rings (SSSR count). The Bertz CT molecular complexity index is 1720. The van der Waals surface area contributed by atoms with Gasteiger partial charge in [0.1, 0.15) is 17.2 Å². The Morgan fingerprint density at radius 2 is 1.74 bits per heavy atom. The molecule has 0 spiro atoms. The summed E-state index contributed by atoms with van der Waals surface area (Å²) in [5.74, 6) is -0.117. The molecule has 0 aliphatic carbocycles. The number of carbonyl (C=O) groups is 2. The predicted octanol–water partition coefficient (Wildman–Crippen LogP) is 7.24. The fraction of sp³-hybridized carbons (Fsp3) is 0.0333. The lowest BCUT2D eigenvalue weighted by molar-refractivity contribution is 0.0734. The molecule has 0 saturated heterocycles. The Morgan fingerprint density at radius 3 is 2.51 bits per heavy atom. The van der Waals surface area contributed by atoms with Crippen molar-refractivity contribution in [2.75, 3.05) is 7.11 Å². The molecule has 0 atom stereocenters. The molecule has 0 bridgehead atoms. The third-order valence-electron chi connectivity index (χ3n) is 5.93. The van der Waals surface area contributed by atoms with Crippen LogP contribution in [0.4, 0.5) is 0 Å². The Labute approximate surface area is 237 Å². The molecule has 0 fully saturated rings. The van der Waals surface area contributed by atoms with Gasteiger partial charge in [0.15, 0.2) is 0 Å². The molecule has 0 radical (unpaired) electrons. The highest BCUT2D eigenvalue weighted by Gasteiger charge is 2.20. The summed E-state index contributed by atoms with van der Waals surface area (Å²) in [6.07, 6.45) is 1.41. The minimum Gasteiger partial charge on any atom is -0.497 e. The number of H-pyrrole nitrogens is 1. The number of benzene rings is 4. The second-order valence-electron chi connectivity index (χ2n) is 8.40. The van der Waals surface area contributed by atoms with Crippen molar-refractivity contribution in [2.24, 2.45) is 5.10 Å². The van der Waals surface area contributed by atoms with Gasteiger partial charge < -0.3 is 14.5 Å². The summed E-state index contributed by atoms with van der Waals surface area (Å²) in [5.41, 5.74) is 6.01. The summed E-state index contributed by atoms with van der Waals surface area (Å²) in [4.78, 5) is 29.2. The van der Waals surface area contributed by atoms with E-state index in [1.54, 1.807) is 49.6 Å². The monoisotopic (exact) mass is 601 g/mol. The van der Waals surface area contributed by atoms with Crippen LogP contribution >= 0.6 is 27.5 Å². The van der Waals surface area contributed by atoms with E-state index in [0.717, 1.165) is 26.5 Å². The summed E-state index contributed by atoms with van der Waals surface area (Å²) in [6.45, 7) is 0. The second kappa shape index (κ2) is 11.6. The van der Waals surface area contributed by atoms with Gasteiger partial charge in [-0.05, 0) is 54.1 Å². The molecule has 7 nitrogen and oxygen atoms in total. The van der Waals surface area contributed by atoms with E-state index < -0.39 is 11.9 Å². The van der Waals surface area contributed by atoms with Gasteiger partial charge in [-0.1, -0.05) is 70.0 Å². The van der Waals surface area contributed by atoms with Crippen LogP contribution in [0.15, 0.2) is 101 Å². The number of aromatic amines is 1. The lowest BCUT2D eigenvalue weighted by Gasteiger charge is -2.09. The number of methoxy groups -OCH3 is 1. The number of hydrogen-bond acceptors (Lipinski definition) is 5. The van der Waals surface area contributed by atoms with Gasteiger partial charge in [-0.15, -0.1) is 0 Å². The molecular weight excluding hydrogens is 582 g/mol. The standard InChI is InChI=1S/C30H21BrClN3O4/c1-38-21-12-13-25-23(16-21)27(18-7-3-2-4-8-18)28(34-25)29(36)35-33-17-19-15-20(31)11-14-26(19)39-30(37)22-9-5-6-10-24(22)32/h2-17,34H,1H3,(H,35,36). The molecule has 1 heterocycles. The molecule has 4 aromatic carbocycles. The highest BCUT2D eigenvalue weighted by molar-refractivity contribution is 9.10. The number of rotatable bonds is 7. The van der Waals surface area contributed by atoms with E-state index in [0.29, 0.717) is 17.0 Å². The zero-order valence-electron chi connectivity index (χ0n) is 20.6. The third kappa shape index (κ3) is 5.72. The van der Waals surface area contributed by atoms with Crippen molar-refractivity contribution >= 4 is 56.5 Å². The molecule has 0 saturated carbocycles. The number of nitrogens with zero attached hydrogens (tertiary/aromatic N) is 1. The summed E-state index contributed by atoms with van der Waals surface area (Å²) >= 11 is 9.56. The molecular formula is C30H21BrClN3O4. The fourth-order valence-electron chi connectivity index (χ4n) is 4.08. The lowest BCUT2D eigenvalue weighted by atomic mass is 10.0. The van der Waals surface area contributed by atoms with Gasteiger partial charge in [-0.25, -0.2) is 10.2 Å². The van der Waals surface area contributed by atoms with Crippen LogP contribution in [0.3, 0.4) is 0 Å². The Kier molecular flexibility index (Phi) is 7.76. The summed E-state index contributed by atoms with van der Waals surface area (Å²) in [6, 6.07) is 26.9. The highest BCUT2D eigenvalue weighted by Crippen LogP contribution is 2.34. The number of amides is 1. The molecule has 1 amide bonds. The normalized spacial score (nSPS) is 11.1. The van der Waals surface area contributed by atoms with Gasteiger partial charge in [0, 0.05) is 26.5 Å². The van der Waals surface area contributed by atoms with Crippen molar-refractivity contribution in [2.45, 2.75) is 0 Å². The number of hydrazone groups is 1. The van der Waals surface area contributed by atoms with E-state index in [2.05, 4.69) is 31.4 Å². The van der Waals surface area contributed by atoms with E-state index in [4.69, 9.17) is 21.1 Å². The number of aromatic nitrogens is 1. The number of ether oxygens (including phenoxy) is 2. The number of esters is 1. The Hall–Kier alpha value is -4.40. The van der Waals surface area contributed by atoms with Gasteiger partial charge in [0.2, 0.25) is 0 Å². The van der Waals surface area contributed by atoms with Crippen LogP contribution in [0, 0.1) is 0 Å². The maximum Gasteiger partial charge on any atom is 0.345 e. The molecule has 0 aliphatic heterocycles. The summed E-state index contributed by atoms with van der Waals surface area (Å²) < 4.78 is 11.7. The van der Waals surface area contributed by atoms with Gasteiger partial charge in [-0.3, -0.25) is 4.79 Å². The van der Waals surface area contributed by atoms with Crippen LogP contribution in [-0.2, 0) is 0 Å². The van der Waals surface area contributed by atoms with E-state index in [9.17, 15) is 9.59 Å². The average molecular weight is 603 g/mol. The topological polar surface area (TPSA) is 92.8 Å². The SMILES string of the molecule is COc1ccc2[nH]c(C(=O)NN=Cc3cc(Br)ccc3OC(=O)c3ccccc3Cl)c(-c3ccccc3)c2c1. The molecule has 39 heavy (non-hydrogen) atoms. The molecule has 194 valence electrons. The quantitative estimate of drug-likeness (QED) is 0.0889. The minimum absolute atomic E-state index is 0.238. The third-order valence-corrected chi connectivity index (χ3v) is 6.76. The van der Waals surface area contributed by atoms with Crippen molar-refractivity contribution in [3.63, 3.8) is 0 Å². The number of fused-ring (bicyclic) bond motifs is 1. The van der Waals surface area contributed by atoms with Gasteiger partial charge in [0.05, 0.1) is 23.9 Å². The number of hydrogen-bond donors (Lipinski definition) is 2. The zero-order valence-corrected chi connectivity index (χ0v) is 22.9. The first-order valence-electron chi connectivity index (χ1n) is 11.8. The van der Waals surface area contributed by atoms with Crippen LogP contribution in [0.1, 0.15) is 26.4 Å². The molecule has 0 unspecified atom stereocenters. The Balaban J connectivity index is 1.43. The van der Waals surface area contributed by atoms with Crippen LogP contribution < -0.4 is 14.9 Å². The van der Waals surface area contributed by atoms with E-state index >= 15 is 0 Å². The molecule has 5 aromatic rings. The first-order valence-corrected chi connectivity index (χ1v) is 13.0. The number of nitrogens with one attached hydrogen (secondary N) is 2. The highest BCUT2D eigenvalue weighted by atomic mass is 79.9. The summed E-state index contributed by atoms with van der Waals surface area (Å²) in [5, 5.41) is 5.28. The van der Waals surface area contributed by atoms with Gasteiger partial charge >= 0.3 is 5.97 Å². The predicted molar refractivity (Wildman–Crippen MR) is 156 cm³/mol. The first-order chi connectivity index (χ1) is 18.9. The van der Waals surface area contributed by atoms with Gasteiger partial charge in [-0.2, -0.15) is 5.10 Å². The Morgan fingerprint density at radius 1 is 0.974 bits per heavy atom. The van der Waals surface area contributed by atoms with Crippen molar-refractivity contribution < 1.29 is 19.1 Å². The zero-order chi connectivity index (χ0) is 27.4. The smallest absolute Gasteiger partial charge is 0.345 e. The second-order valence-corrected chi connectivity index (χ2v) is 9.73. The van der Waals surface area contributed by atoms with Crippen LogP contribution in [-0.4, -0.2) is 30.2 Å². The molecule has 0 aliphatic rings. The van der Waals surface area contributed by atoms with Crippen LogP contribution in [0.2, 0.25) is 5.02 Å². The molecule has 9 heteroatoms. The van der Waals surface area contributed by atoms with Crippen molar-refractivity contribution in [1.29, 1.82) is 0 Å². The van der Waals surface area contributed by atoms with E-state index in [1.807, 2.05) is 48.5 Å². The van der Waals surface area contributed by atoms with Crippen molar-refractivity contribution in [3.05, 3.63) is 117 Å². The first kappa shape index (κ1) is 26.2. The number of carbonyl (C=O) groups excluding carboxylic acids is 2. The maximum atomic E-state index is 13.3. The number of halogens is 2. The van der Waals surface area contributed by atoms with Crippen molar-refractivity contribution in [3.8, 4) is 22.6 Å². The van der Waals surface area contributed by atoms with Gasteiger partial charge in [0.25, 0.3) is 5.91 Å². The minimum atomic E-state index is -0.609. The van der Waals surface area contributed by atoms with E-state index in [1.165, 1.54) is 6.21 Å². The molecule has 2 N–H and O–H groups in total. The lowest BCUT2D eigenvalue weighted by Crippen LogP contribution is -2.19. The molecule has 1 aromatic heterocycles. The van der Waals surface area contributed by atoms with E-state index in [-0.39, 0.29) is 16.3 Å². The van der Waals surface area contributed by atoms with Crippen molar-refractivity contribution in [1.82, 2.24) is 10.4 Å². The largest absolute Gasteiger partial charge is 0.497 e. The van der Waals surface area contributed by atoms with Crippen LogP contribution in [0.25, 0.3) is 22.0 Å². The average Bonchev–Trinajstić information content (AvgIpc) is 3.34. The summed E-state index contributed by atoms with van der Waals surface area (Å²) in [7, 11) is 1.60. The maximum absolute atomic E-state index is 13.3. The van der Waals surface area contributed by atoms with Crippen LogP contribution in [0.5, 0.6) is 11.5 Å².